The van der Waals surface area contributed by atoms with Gasteiger partial charge in [-0.2, -0.15) is 0 Å². The molecule has 0 radical (unpaired) electrons. The fourth-order valence-electron chi connectivity index (χ4n) is 4.55. The quantitative estimate of drug-likeness (QED) is 0.784. The zero-order chi connectivity index (χ0) is 16.2. The Bertz CT molecular complexity index is 398. The molecule has 3 aliphatic heterocycles. The fraction of sp³-hybridized carbons (Fsp3) is 0.944. The Labute approximate surface area is 140 Å². The molecular weight excluding hydrogens is 290 g/mol. The highest BCUT2D eigenvalue weighted by Gasteiger charge is 2.35. The monoisotopic (exact) mass is 323 g/mol. The Balaban J connectivity index is 1.50. The number of rotatable bonds is 3. The van der Waals surface area contributed by atoms with Gasteiger partial charge in [-0.3, -0.25) is 9.69 Å². The summed E-state index contributed by atoms with van der Waals surface area (Å²) in [7, 11) is 0. The summed E-state index contributed by atoms with van der Waals surface area (Å²) in [5, 5.41) is 0. The Morgan fingerprint density at radius 1 is 1.09 bits per heavy atom. The molecule has 0 aliphatic carbocycles. The van der Waals surface area contributed by atoms with Crippen LogP contribution in [0.1, 0.15) is 33.1 Å². The summed E-state index contributed by atoms with van der Waals surface area (Å²) < 4.78 is 5.49. The molecule has 0 saturated carbocycles. The highest BCUT2D eigenvalue weighted by Crippen LogP contribution is 2.26. The lowest BCUT2D eigenvalue weighted by Gasteiger charge is -2.31. The highest BCUT2D eigenvalue weighted by atomic mass is 16.5. The third kappa shape index (κ3) is 4.46. The molecule has 0 aromatic rings. The molecule has 3 saturated heterocycles. The molecule has 0 unspecified atom stereocenters. The second-order valence-electron chi connectivity index (χ2n) is 7.71. The van der Waals surface area contributed by atoms with Crippen molar-refractivity contribution in [1.82, 2.24) is 14.7 Å². The summed E-state index contributed by atoms with van der Waals surface area (Å²) in [6.07, 6.45) is 3.57. The predicted octanol–water partition coefficient (Wildman–Crippen LogP) is 1.29. The molecule has 3 fully saturated rings. The number of carbonyl (C=O) groups excluding carboxylic acids is 1. The molecule has 3 heterocycles. The first-order valence-corrected chi connectivity index (χ1v) is 9.43. The van der Waals surface area contributed by atoms with E-state index in [1.807, 2.05) is 4.90 Å². The Morgan fingerprint density at radius 2 is 1.87 bits per heavy atom. The number of hydrogen-bond donors (Lipinski definition) is 0. The Morgan fingerprint density at radius 3 is 2.61 bits per heavy atom. The van der Waals surface area contributed by atoms with E-state index in [0.717, 1.165) is 57.6 Å². The molecule has 2 atom stereocenters. The van der Waals surface area contributed by atoms with E-state index >= 15 is 0 Å². The number of amides is 1. The highest BCUT2D eigenvalue weighted by molar-refractivity contribution is 5.73. The van der Waals surface area contributed by atoms with Gasteiger partial charge in [0.15, 0.2) is 0 Å². The predicted molar refractivity (Wildman–Crippen MR) is 91.4 cm³/mol. The number of ether oxygens (including phenoxy) is 1. The van der Waals surface area contributed by atoms with Gasteiger partial charge in [-0.1, -0.05) is 6.92 Å². The minimum atomic E-state index is 0.229. The van der Waals surface area contributed by atoms with Gasteiger partial charge in [0.25, 0.3) is 0 Å². The van der Waals surface area contributed by atoms with Crippen LogP contribution in [0.5, 0.6) is 0 Å². The zero-order valence-corrected chi connectivity index (χ0v) is 14.9. The Kier molecular flexibility index (Phi) is 5.94. The Hall–Kier alpha value is -0.650. The van der Waals surface area contributed by atoms with Gasteiger partial charge >= 0.3 is 0 Å². The van der Waals surface area contributed by atoms with Crippen LogP contribution in [0, 0.1) is 11.8 Å². The van der Waals surface area contributed by atoms with Crippen LogP contribution >= 0.6 is 0 Å². The molecule has 0 spiro atoms. The third-order valence-corrected chi connectivity index (χ3v) is 5.95. The van der Waals surface area contributed by atoms with Crippen LogP contribution in [0.2, 0.25) is 0 Å². The van der Waals surface area contributed by atoms with Crippen LogP contribution in [0.4, 0.5) is 0 Å². The first-order chi connectivity index (χ1) is 11.1. The number of likely N-dealkylation sites (tertiary alicyclic amines) is 1. The third-order valence-electron chi connectivity index (χ3n) is 5.95. The van der Waals surface area contributed by atoms with Crippen molar-refractivity contribution >= 4 is 5.91 Å². The van der Waals surface area contributed by atoms with Crippen LogP contribution in [0.3, 0.4) is 0 Å². The van der Waals surface area contributed by atoms with E-state index in [4.69, 9.17) is 4.74 Å². The molecule has 3 rings (SSSR count). The van der Waals surface area contributed by atoms with Crippen LogP contribution in [-0.2, 0) is 9.53 Å². The van der Waals surface area contributed by atoms with Crippen molar-refractivity contribution in [2.45, 2.75) is 39.2 Å². The van der Waals surface area contributed by atoms with E-state index in [2.05, 4.69) is 16.7 Å². The molecular formula is C18H33N3O2. The van der Waals surface area contributed by atoms with Gasteiger partial charge in [0.2, 0.25) is 5.91 Å². The molecule has 0 aromatic heterocycles. The molecule has 132 valence electrons. The lowest BCUT2D eigenvalue weighted by Crippen LogP contribution is -2.43. The van der Waals surface area contributed by atoms with Crippen molar-refractivity contribution in [2.75, 3.05) is 59.0 Å². The van der Waals surface area contributed by atoms with Crippen LogP contribution < -0.4 is 0 Å². The van der Waals surface area contributed by atoms with Gasteiger partial charge in [-0.25, -0.2) is 0 Å². The summed E-state index contributed by atoms with van der Waals surface area (Å²) in [5.74, 6) is 1.79. The van der Waals surface area contributed by atoms with E-state index in [-0.39, 0.29) is 5.91 Å². The van der Waals surface area contributed by atoms with Crippen molar-refractivity contribution in [3.8, 4) is 0 Å². The maximum absolute atomic E-state index is 11.6. The van der Waals surface area contributed by atoms with E-state index in [0.29, 0.717) is 6.04 Å². The average Bonchev–Trinajstić information content (AvgIpc) is 2.75. The maximum atomic E-state index is 11.6. The smallest absolute Gasteiger partial charge is 0.219 e. The van der Waals surface area contributed by atoms with Gasteiger partial charge in [0, 0.05) is 72.0 Å². The van der Waals surface area contributed by atoms with Gasteiger partial charge in [0.1, 0.15) is 0 Å². The lowest BCUT2D eigenvalue weighted by atomic mass is 10.00. The first kappa shape index (κ1) is 17.2. The van der Waals surface area contributed by atoms with Crippen molar-refractivity contribution in [1.29, 1.82) is 0 Å². The molecule has 5 nitrogen and oxygen atoms in total. The zero-order valence-electron chi connectivity index (χ0n) is 14.9. The number of nitrogens with zero attached hydrogens (tertiary/aromatic N) is 3. The standard InChI is InChI=1S/C18H33N3O2/c1-15-12-19(13-17-4-10-23-11-5-17)14-18(15)21-7-3-6-20(8-9-21)16(2)22/h15,17-18H,3-14H2,1-2H3/t15-,18-/m0/s1. The van der Waals surface area contributed by atoms with Crippen molar-refractivity contribution in [2.24, 2.45) is 11.8 Å². The molecule has 5 heteroatoms. The number of carbonyl (C=O) groups is 1. The van der Waals surface area contributed by atoms with Crippen molar-refractivity contribution in [3.63, 3.8) is 0 Å². The van der Waals surface area contributed by atoms with E-state index < -0.39 is 0 Å². The molecule has 0 bridgehead atoms. The topological polar surface area (TPSA) is 36.0 Å². The van der Waals surface area contributed by atoms with Crippen molar-refractivity contribution < 1.29 is 9.53 Å². The van der Waals surface area contributed by atoms with Crippen molar-refractivity contribution in [3.05, 3.63) is 0 Å². The SMILES string of the molecule is CC(=O)N1CCCN([C@H]2CN(CC3CCOCC3)C[C@@H]2C)CC1. The summed E-state index contributed by atoms with van der Waals surface area (Å²) in [6.45, 7) is 13.7. The van der Waals surface area contributed by atoms with Gasteiger partial charge < -0.3 is 14.5 Å². The normalized spacial score (nSPS) is 32.2. The van der Waals surface area contributed by atoms with E-state index in [9.17, 15) is 4.79 Å². The molecule has 1 amide bonds. The van der Waals surface area contributed by atoms with Crippen LogP contribution in [0.15, 0.2) is 0 Å². The second kappa shape index (κ2) is 7.95. The minimum Gasteiger partial charge on any atom is -0.381 e. The summed E-state index contributed by atoms with van der Waals surface area (Å²) in [4.78, 5) is 18.9. The van der Waals surface area contributed by atoms with E-state index in [1.54, 1.807) is 6.92 Å². The van der Waals surface area contributed by atoms with Crippen LogP contribution in [0.25, 0.3) is 0 Å². The summed E-state index contributed by atoms with van der Waals surface area (Å²) in [6, 6.07) is 0.668. The maximum Gasteiger partial charge on any atom is 0.219 e. The van der Waals surface area contributed by atoms with Gasteiger partial charge in [-0.15, -0.1) is 0 Å². The molecule has 0 N–H and O–H groups in total. The van der Waals surface area contributed by atoms with Gasteiger partial charge in [0.05, 0.1) is 0 Å². The summed E-state index contributed by atoms with van der Waals surface area (Å²) >= 11 is 0. The number of hydrogen-bond acceptors (Lipinski definition) is 4. The first-order valence-electron chi connectivity index (χ1n) is 9.43. The molecule has 3 aliphatic rings. The summed E-state index contributed by atoms with van der Waals surface area (Å²) in [5.41, 5.74) is 0. The lowest BCUT2D eigenvalue weighted by molar-refractivity contribution is -0.128. The molecule has 0 aromatic carbocycles. The van der Waals surface area contributed by atoms with Crippen LogP contribution in [-0.4, -0.2) is 85.7 Å². The minimum absolute atomic E-state index is 0.229. The van der Waals surface area contributed by atoms with Gasteiger partial charge in [-0.05, 0) is 31.1 Å². The fourth-order valence-corrected chi connectivity index (χ4v) is 4.55. The van der Waals surface area contributed by atoms with E-state index in [1.165, 1.54) is 32.5 Å². The largest absolute Gasteiger partial charge is 0.381 e. The second-order valence-corrected chi connectivity index (χ2v) is 7.71. The average molecular weight is 323 g/mol. The molecule has 23 heavy (non-hydrogen) atoms.